The first kappa shape index (κ1) is 9.90. The lowest BCUT2D eigenvalue weighted by Gasteiger charge is -2.17. The third-order valence-electron chi connectivity index (χ3n) is 1.96. The maximum Gasteiger partial charge on any atom is 0.169 e. The molecule has 2 nitrogen and oxygen atoms in total. The Balaban J connectivity index is 3.10. The molecule has 0 atom stereocenters. The van der Waals surface area contributed by atoms with Crippen molar-refractivity contribution in [3.8, 4) is 0 Å². The molecule has 1 aromatic rings. The van der Waals surface area contributed by atoms with Gasteiger partial charge in [-0.05, 0) is 18.6 Å². The SMILES string of the molecule is Cc1ccncc1C(=O)C(C)(C)C. The number of nitrogens with zero attached hydrogens (tertiary/aromatic N) is 1. The van der Waals surface area contributed by atoms with Crippen molar-refractivity contribution >= 4 is 5.78 Å². The normalized spacial score (nSPS) is 11.4. The average molecular weight is 177 g/mol. The summed E-state index contributed by atoms with van der Waals surface area (Å²) in [6, 6.07) is 1.86. The predicted octanol–water partition coefficient (Wildman–Crippen LogP) is 2.62. The fourth-order valence-corrected chi connectivity index (χ4v) is 1.11. The number of carbonyl (C=O) groups excluding carboxylic acids is 1. The number of pyridine rings is 1. The number of hydrogen-bond donors (Lipinski definition) is 0. The van der Waals surface area contributed by atoms with Gasteiger partial charge < -0.3 is 0 Å². The molecule has 1 heterocycles. The maximum atomic E-state index is 11.8. The number of aromatic nitrogens is 1. The van der Waals surface area contributed by atoms with E-state index in [2.05, 4.69) is 4.98 Å². The summed E-state index contributed by atoms with van der Waals surface area (Å²) in [7, 11) is 0. The highest BCUT2D eigenvalue weighted by atomic mass is 16.1. The molecular formula is C11H15NO. The molecule has 0 bridgehead atoms. The van der Waals surface area contributed by atoms with Crippen LogP contribution in [0, 0.1) is 12.3 Å². The molecule has 0 N–H and O–H groups in total. The van der Waals surface area contributed by atoms with Gasteiger partial charge in [-0.3, -0.25) is 9.78 Å². The van der Waals surface area contributed by atoms with Crippen molar-refractivity contribution in [2.24, 2.45) is 5.41 Å². The van der Waals surface area contributed by atoms with Crippen molar-refractivity contribution in [2.75, 3.05) is 0 Å². The average Bonchev–Trinajstić information content (AvgIpc) is 2.02. The van der Waals surface area contributed by atoms with Crippen molar-refractivity contribution < 1.29 is 4.79 Å². The number of ketones is 1. The van der Waals surface area contributed by atoms with Gasteiger partial charge in [0.25, 0.3) is 0 Å². The Labute approximate surface area is 79.0 Å². The summed E-state index contributed by atoms with van der Waals surface area (Å²) in [5.41, 5.74) is 1.40. The number of hydrogen-bond acceptors (Lipinski definition) is 2. The van der Waals surface area contributed by atoms with E-state index < -0.39 is 0 Å². The van der Waals surface area contributed by atoms with Crippen molar-refractivity contribution in [2.45, 2.75) is 27.7 Å². The van der Waals surface area contributed by atoms with Crippen LogP contribution in [0.1, 0.15) is 36.7 Å². The molecule has 1 aromatic heterocycles. The second-order valence-electron chi connectivity index (χ2n) is 4.27. The van der Waals surface area contributed by atoms with Crippen molar-refractivity contribution in [1.82, 2.24) is 4.98 Å². The first-order chi connectivity index (χ1) is 5.93. The Bertz CT molecular complexity index is 323. The Morgan fingerprint density at radius 1 is 1.38 bits per heavy atom. The van der Waals surface area contributed by atoms with Crippen LogP contribution in [0.25, 0.3) is 0 Å². The van der Waals surface area contributed by atoms with Crippen LogP contribution in [-0.4, -0.2) is 10.8 Å². The summed E-state index contributed by atoms with van der Waals surface area (Å²) in [6.45, 7) is 7.69. The van der Waals surface area contributed by atoms with Gasteiger partial charge in [0.15, 0.2) is 5.78 Å². The largest absolute Gasteiger partial charge is 0.294 e. The lowest BCUT2D eigenvalue weighted by atomic mass is 9.86. The highest BCUT2D eigenvalue weighted by Gasteiger charge is 2.23. The van der Waals surface area contributed by atoms with Crippen LogP contribution >= 0.6 is 0 Å². The van der Waals surface area contributed by atoms with E-state index in [-0.39, 0.29) is 11.2 Å². The Morgan fingerprint density at radius 2 is 2.00 bits per heavy atom. The highest BCUT2D eigenvalue weighted by Crippen LogP contribution is 2.21. The zero-order valence-electron chi connectivity index (χ0n) is 8.59. The Hall–Kier alpha value is -1.18. The van der Waals surface area contributed by atoms with Gasteiger partial charge in [0.1, 0.15) is 0 Å². The molecule has 70 valence electrons. The van der Waals surface area contributed by atoms with E-state index in [1.165, 1.54) is 0 Å². The van der Waals surface area contributed by atoms with Crippen LogP contribution in [0.3, 0.4) is 0 Å². The van der Waals surface area contributed by atoms with E-state index >= 15 is 0 Å². The van der Waals surface area contributed by atoms with Gasteiger partial charge in [-0.15, -0.1) is 0 Å². The van der Waals surface area contributed by atoms with Crippen molar-refractivity contribution in [3.05, 3.63) is 29.6 Å². The number of Topliss-reactive ketones (excluding diaryl/α,β-unsaturated/α-hetero) is 1. The summed E-state index contributed by atoms with van der Waals surface area (Å²) in [5.74, 6) is 0.151. The molecule has 0 unspecified atom stereocenters. The van der Waals surface area contributed by atoms with Crippen molar-refractivity contribution in [3.63, 3.8) is 0 Å². The minimum absolute atomic E-state index is 0.151. The topological polar surface area (TPSA) is 30.0 Å². The molecule has 0 fully saturated rings. The molecule has 0 saturated carbocycles. The van der Waals surface area contributed by atoms with Gasteiger partial charge in [0.05, 0.1) is 0 Å². The minimum Gasteiger partial charge on any atom is -0.294 e. The number of rotatable bonds is 1. The van der Waals surface area contributed by atoms with Crippen LogP contribution in [0.2, 0.25) is 0 Å². The molecule has 0 aliphatic carbocycles. The van der Waals surface area contributed by atoms with Crippen LogP contribution in [-0.2, 0) is 0 Å². The molecule has 2 heteroatoms. The molecule has 13 heavy (non-hydrogen) atoms. The van der Waals surface area contributed by atoms with E-state index in [1.807, 2.05) is 33.8 Å². The third-order valence-corrected chi connectivity index (χ3v) is 1.96. The number of carbonyl (C=O) groups is 1. The summed E-state index contributed by atoms with van der Waals surface area (Å²) < 4.78 is 0. The maximum absolute atomic E-state index is 11.8. The fourth-order valence-electron chi connectivity index (χ4n) is 1.11. The van der Waals surface area contributed by atoms with Crippen LogP contribution < -0.4 is 0 Å². The highest BCUT2D eigenvalue weighted by molar-refractivity contribution is 6.00. The fraction of sp³-hybridized carbons (Fsp3) is 0.455. The first-order valence-corrected chi connectivity index (χ1v) is 4.38. The van der Waals surface area contributed by atoms with Gasteiger partial charge >= 0.3 is 0 Å². The first-order valence-electron chi connectivity index (χ1n) is 4.38. The van der Waals surface area contributed by atoms with E-state index in [0.29, 0.717) is 0 Å². The summed E-state index contributed by atoms with van der Waals surface area (Å²) in [4.78, 5) is 15.8. The summed E-state index contributed by atoms with van der Waals surface area (Å²) in [5, 5.41) is 0. The van der Waals surface area contributed by atoms with E-state index in [9.17, 15) is 4.79 Å². The molecule has 0 spiro atoms. The lowest BCUT2D eigenvalue weighted by Crippen LogP contribution is -2.21. The van der Waals surface area contributed by atoms with Crippen LogP contribution in [0.5, 0.6) is 0 Å². The molecule has 0 aliphatic heterocycles. The summed E-state index contributed by atoms with van der Waals surface area (Å²) >= 11 is 0. The second kappa shape index (κ2) is 3.29. The lowest BCUT2D eigenvalue weighted by molar-refractivity contribution is 0.0857. The third kappa shape index (κ3) is 2.14. The van der Waals surface area contributed by atoms with E-state index in [4.69, 9.17) is 0 Å². The van der Waals surface area contributed by atoms with Gasteiger partial charge in [-0.25, -0.2) is 0 Å². The summed E-state index contributed by atoms with van der Waals surface area (Å²) in [6.07, 6.45) is 3.34. The molecule has 0 saturated heterocycles. The molecule has 0 radical (unpaired) electrons. The van der Waals surface area contributed by atoms with Crippen LogP contribution in [0.15, 0.2) is 18.5 Å². The second-order valence-corrected chi connectivity index (χ2v) is 4.27. The van der Waals surface area contributed by atoms with Gasteiger partial charge in [0.2, 0.25) is 0 Å². The Morgan fingerprint density at radius 3 is 2.46 bits per heavy atom. The zero-order valence-corrected chi connectivity index (χ0v) is 8.59. The minimum atomic E-state index is -0.326. The predicted molar refractivity (Wildman–Crippen MR) is 52.8 cm³/mol. The van der Waals surface area contributed by atoms with Gasteiger partial charge in [-0.2, -0.15) is 0 Å². The van der Waals surface area contributed by atoms with E-state index in [0.717, 1.165) is 11.1 Å². The molecule has 0 aromatic carbocycles. The molecule has 1 rings (SSSR count). The van der Waals surface area contributed by atoms with Crippen molar-refractivity contribution in [1.29, 1.82) is 0 Å². The van der Waals surface area contributed by atoms with Gasteiger partial charge in [0, 0.05) is 23.4 Å². The monoisotopic (exact) mass is 177 g/mol. The van der Waals surface area contributed by atoms with Gasteiger partial charge in [-0.1, -0.05) is 20.8 Å². The standard InChI is InChI=1S/C11H15NO/c1-8-5-6-12-7-9(8)10(13)11(2,3)4/h5-7H,1-4H3. The molecule has 0 aliphatic rings. The molecular weight excluding hydrogens is 162 g/mol. The number of aryl methyl sites for hydroxylation is 1. The smallest absolute Gasteiger partial charge is 0.169 e. The Kier molecular flexibility index (Phi) is 2.50. The quantitative estimate of drug-likeness (QED) is 0.617. The van der Waals surface area contributed by atoms with Crippen LogP contribution in [0.4, 0.5) is 0 Å². The van der Waals surface area contributed by atoms with E-state index in [1.54, 1.807) is 12.4 Å². The zero-order chi connectivity index (χ0) is 10.1. The molecule has 0 amide bonds.